The fourth-order valence-electron chi connectivity index (χ4n) is 1.75. The lowest BCUT2D eigenvalue weighted by Crippen LogP contribution is -2.06. The van der Waals surface area contributed by atoms with E-state index >= 15 is 0 Å². The Balaban J connectivity index is 2.11. The van der Waals surface area contributed by atoms with Crippen molar-refractivity contribution in [3.8, 4) is 0 Å². The van der Waals surface area contributed by atoms with Crippen LogP contribution in [0.4, 0.5) is 0 Å². The number of nitrogens with zero attached hydrogens (tertiary/aromatic N) is 3. The fraction of sp³-hybridized carbons (Fsp3) is 0.385. The molecule has 0 radical (unpaired) electrons. The minimum Gasteiger partial charge on any atom is -0.348 e. The molecule has 0 fully saturated rings. The average Bonchev–Trinajstić information content (AvgIpc) is 2.87. The molecule has 2 aromatic heterocycles. The molecule has 4 nitrogen and oxygen atoms in total. The van der Waals surface area contributed by atoms with E-state index in [0.717, 1.165) is 11.3 Å². The first kappa shape index (κ1) is 11.6. The van der Waals surface area contributed by atoms with Crippen molar-refractivity contribution in [2.24, 2.45) is 13.0 Å². The quantitative estimate of drug-likeness (QED) is 0.756. The smallest absolute Gasteiger partial charge is 0.166 e. The van der Waals surface area contributed by atoms with Gasteiger partial charge in [0.2, 0.25) is 0 Å². The molecule has 4 heteroatoms. The van der Waals surface area contributed by atoms with E-state index < -0.39 is 0 Å². The van der Waals surface area contributed by atoms with Crippen LogP contribution in [0.25, 0.3) is 0 Å². The maximum Gasteiger partial charge on any atom is 0.166 e. The number of aromatic nitrogens is 3. The Bertz CT molecular complexity index is 522. The zero-order chi connectivity index (χ0) is 12.4. The van der Waals surface area contributed by atoms with E-state index in [-0.39, 0.29) is 11.7 Å². The van der Waals surface area contributed by atoms with Crippen LogP contribution in [0.2, 0.25) is 0 Å². The van der Waals surface area contributed by atoms with Gasteiger partial charge in [-0.15, -0.1) is 0 Å². The predicted molar refractivity (Wildman–Crippen MR) is 65.9 cm³/mol. The van der Waals surface area contributed by atoms with Crippen LogP contribution in [0.1, 0.15) is 29.9 Å². The molecule has 2 aromatic rings. The highest BCUT2D eigenvalue weighted by Crippen LogP contribution is 2.10. The van der Waals surface area contributed by atoms with Gasteiger partial charge in [0.05, 0.1) is 12.2 Å². The lowest BCUT2D eigenvalue weighted by Gasteiger charge is -2.01. The predicted octanol–water partition coefficient (Wildman–Crippen LogP) is 2.11. The third-order valence-electron chi connectivity index (χ3n) is 2.67. The van der Waals surface area contributed by atoms with Crippen molar-refractivity contribution in [2.75, 3.05) is 0 Å². The van der Waals surface area contributed by atoms with E-state index in [2.05, 4.69) is 5.10 Å². The van der Waals surface area contributed by atoms with Gasteiger partial charge in [0.1, 0.15) is 0 Å². The molecule has 0 atom stereocenters. The van der Waals surface area contributed by atoms with Gasteiger partial charge < -0.3 is 4.57 Å². The Morgan fingerprint density at radius 3 is 2.71 bits per heavy atom. The van der Waals surface area contributed by atoms with E-state index in [1.165, 1.54) is 0 Å². The number of rotatable bonds is 4. The first-order chi connectivity index (χ1) is 8.06. The Hall–Kier alpha value is -1.84. The lowest BCUT2D eigenvalue weighted by molar-refractivity contribution is 0.0939. The van der Waals surface area contributed by atoms with Gasteiger partial charge >= 0.3 is 0 Å². The van der Waals surface area contributed by atoms with Gasteiger partial charge in [-0.05, 0) is 12.1 Å². The molecule has 2 heterocycles. The molecule has 0 amide bonds. The van der Waals surface area contributed by atoms with Gasteiger partial charge in [-0.1, -0.05) is 13.8 Å². The van der Waals surface area contributed by atoms with Crippen molar-refractivity contribution in [3.05, 3.63) is 42.0 Å². The summed E-state index contributed by atoms with van der Waals surface area (Å²) in [5.74, 6) is 0.227. The standard InChI is InChI=1S/C13H17N3O/c1-10(2)13(17)11-4-7-16(8-11)9-12-5-6-15(3)14-12/h4-8,10H,9H2,1-3H3. The Kier molecular flexibility index (Phi) is 3.13. The summed E-state index contributed by atoms with van der Waals surface area (Å²) in [6.07, 6.45) is 5.72. The monoisotopic (exact) mass is 231 g/mol. The molecule has 90 valence electrons. The van der Waals surface area contributed by atoms with Gasteiger partial charge in [-0.3, -0.25) is 9.48 Å². The minimum absolute atomic E-state index is 0.0423. The molecule has 0 aliphatic carbocycles. The average molecular weight is 231 g/mol. The SMILES string of the molecule is CC(C)C(=O)c1ccn(Cc2ccn(C)n2)c1. The van der Waals surface area contributed by atoms with E-state index in [4.69, 9.17) is 0 Å². The van der Waals surface area contributed by atoms with Crippen molar-refractivity contribution in [1.29, 1.82) is 0 Å². The van der Waals surface area contributed by atoms with Crippen molar-refractivity contribution in [1.82, 2.24) is 14.3 Å². The second-order valence-corrected chi connectivity index (χ2v) is 4.57. The summed E-state index contributed by atoms with van der Waals surface area (Å²) in [5, 5.41) is 4.31. The maximum absolute atomic E-state index is 11.8. The van der Waals surface area contributed by atoms with Crippen LogP contribution in [0, 0.1) is 5.92 Å². The molecule has 17 heavy (non-hydrogen) atoms. The lowest BCUT2D eigenvalue weighted by atomic mass is 10.0. The molecular weight excluding hydrogens is 214 g/mol. The Morgan fingerprint density at radius 2 is 2.12 bits per heavy atom. The van der Waals surface area contributed by atoms with Crippen LogP contribution in [0.5, 0.6) is 0 Å². The van der Waals surface area contributed by atoms with Crippen molar-refractivity contribution < 1.29 is 4.79 Å². The molecule has 0 unspecified atom stereocenters. The summed E-state index contributed by atoms with van der Waals surface area (Å²) in [7, 11) is 1.90. The molecule has 0 saturated heterocycles. The van der Waals surface area contributed by atoms with Gasteiger partial charge in [-0.2, -0.15) is 5.10 Å². The van der Waals surface area contributed by atoms with Gasteiger partial charge in [0.25, 0.3) is 0 Å². The molecule has 0 spiro atoms. The highest BCUT2D eigenvalue weighted by Gasteiger charge is 2.11. The highest BCUT2D eigenvalue weighted by molar-refractivity contribution is 5.97. The van der Waals surface area contributed by atoms with Crippen LogP contribution < -0.4 is 0 Å². The topological polar surface area (TPSA) is 39.8 Å². The van der Waals surface area contributed by atoms with Crippen LogP contribution in [0.3, 0.4) is 0 Å². The largest absolute Gasteiger partial charge is 0.348 e. The van der Waals surface area contributed by atoms with E-state index in [1.54, 1.807) is 4.68 Å². The number of aryl methyl sites for hydroxylation is 1. The summed E-state index contributed by atoms with van der Waals surface area (Å²) in [4.78, 5) is 11.8. The van der Waals surface area contributed by atoms with Crippen LogP contribution in [-0.4, -0.2) is 20.1 Å². The van der Waals surface area contributed by atoms with Crippen LogP contribution in [0.15, 0.2) is 30.7 Å². The van der Waals surface area contributed by atoms with Gasteiger partial charge in [-0.25, -0.2) is 0 Å². The summed E-state index contributed by atoms with van der Waals surface area (Å²) in [5.41, 5.74) is 1.77. The van der Waals surface area contributed by atoms with Crippen molar-refractivity contribution in [2.45, 2.75) is 20.4 Å². The number of ketones is 1. The van der Waals surface area contributed by atoms with Gasteiger partial charge in [0, 0.05) is 37.1 Å². The minimum atomic E-state index is 0.0423. The maximum atomic E-state index is 11.8. The van der Waals surface area contributed by atoms with Crippen molar-refractivity contribution in [3.63, 3.8) is 0 Å². The molecule has 0 aliphatic rings. The summed E-state index contributed by atoms with van der Waals surface area (Å²) >= 11 is 0. The normalized spacial score (nSPS) is 11.1. The number of carbonyl (C=O) groups excluding carboxylic acids is 1. The van der Waals surface area contributed by atoms with E-state index in [1.807, 2.05) is 56.2 Å². The third-order valence-corrected chi connectivity index (χ3v) is 2.67. The Labute approximate surface area is 101 Å². The fourth-order valence-corrected chi connectivity index (χ4v) is 1.75. The number of hydrogen-bond acceptors (Lipinski definition) is 2. The summed E-state index contributed by atoms with van der Waals surface area (Å²) in [6, 6.07) is 3.84. The van der Waals surface area contributed by atoms with Crippen LogP contribution in [-0.2, 0) is 13.6 Å². The third kappa shape index (κ3) is 2.64. The molecular formula is C13H17N3O. The zero-order valence-electron chi connectivity index (χ0n) is 10.4. The first-order valence-electron chi connectivity index (χ1n) is 5.75. The molecule has 0 saturated carbocycles. The van der Waals surface area contributed by atoms with Crippen LogP contribution >= 0.6 is 0 Å². The molecule has 2 rings (SSSR count). The highest BCUT2D eigenvalue weighted by atomic mass is 16.1. The number of Topliss-reactive ketones (excluding diaryl/α,β-unsaturated/α-hetero) is 1. The molecule has 0 aromatic carbocycles. The second-order valence-electron chi connectivity index (χ2n) is 4.57. The number of hydrogen-bond donors (Lipinski definition) is 0. The van der Waals surface area contributed by atoms with Crippen molar-refractivity contribution >= 4 is 5.78 Å². The van der Waals surface area contributed by atoms with E-state index in [0.29, 0.717) is 6.54 Å². The first-order valence-corrected chi connectivity index (χ1v) is 5.75. The second kappa shape index (κ2) is 4.57. The molecule has 0 aliphatic heterocycles. The molecule has 0 N–H and O–H groups in total. The zero-order valence-corrected chi connectivity index (χ0v) is 10.4. The van der Waals surface area contributed by atoms with E-state index in [9.17, 15) is 4.79 Å². The number of carbonyl (C=O) groups is 1. The van der Waals surface area contributed by atoms with Gasteiger partial charge in [0.15, 0.2) is 5.78 Å². The summed E-state index contributed by atoms with van der Waals surface area (Å²) in [6.45, 7) is 4.53. The molecule has 0 bridgehead atoms. The summed E-state index contributed by atoms with van der Waals surface area (Å²) < 4.78 is 3.76. The Morgan fingerprint density at radius 1 is 1.35 bits per heavy atom.